The Labute approximate surface area is 483 Å². The molecule has 0 aromatic rings. The molecule has 25 atom stereocenters. The number of nitrogens with one attached hydrogen (secondary N) is 1. The first-order chi connectivity index (χ1) is 38.7. The topological polar surface area (TPSA) is 338 Å². The molecule has 0 radical (unpaired) electrons. The average Bonchev–Trinajstić information content (AvgIpc) is 1.03. The summed E-state index contributed by atoms with van der Waals surface area (Å²) in [5.41, 5.74) is -3.30. The number of aldehydes is 1. The van der Waals surface area contributed by atoms with Gasteiger partial charge in [-0.1, -0.05) is 92.9 Å². The lowest BCUT2D eigenvalue weighted by atomic mass is 9.43. The quantitative estimate of drug-likeness (QED) is 0.0394. The van der Waals surface area contributed by atoms with Crippen LogP contribution in [0.5, 0.6) is 0 Å². The van der Waals surface area contributed by atoms with Gasteiger partial charge in [0, 0.05) is 12.8 Å². The van der Waals surface area contributed by atoms with Crippen LogP contribution >= 0.6 is 0 Å². The van der Waals surface area contributed by atoms with E-state index in [1.807, 2.05) is 6.92 Å². The van der Waals surface area contributed by atoms with Crippen molar-refractivity contribution in [3.8, 4) is 0 Å². The maximum Gasteiger partial charge on any atom is 0.317 e. The zero-order valence-electron chi connectivity index (χ0n) is 49.6. The Morgan fingerprint density at radius 1 is 0.732 bits per heavy atom. The molecule has 21 heteroatoms. The van der Waals surface area contributed by atoms with Crippen LogP contribution in [0.3, 0.4) is 0 Å². The first-order valence-corrected chi connectivity index (χ1v) is 31.2. The smallest absolute Gasteiger partial charge is 0.317 e. The lowest BCUT2D eigenvalue weighted by Gasteiger charge is -2.65. The molecule has 21 nitrogen and oxygen atoms in total. The molecule has 8 aliphatic rings. The summed E-state index contributed by atoms with van der Waals surface area (Å²) in [7, 11) is 0. The molecule has 4 saturated carbocycles. The number of amides is 1. The zero-order valence-corrected chi connectivity index (χ0v) is 49.6. The fourth-order valence-corrected chi connectivity index (χ4v) is 17.1. The Balaban J connectivity index is 1.06. The van der Waals surface area contributed by atoms with E-state index in [0.717, 1.165) is 83.3 Å². The second kappa shape index (κ2) is 26.1. The summed E-state index contributed by atoms with van der Waals surface area (Å²) in [4.78, 5) is 53.2. The van der Waals surface area contributed by atoms with E-state index in [1.54, 1.807) is 0 Å². The molecule has 470 valence electrons. The highest BCUT2D eigenvalue weighted by atomic mass is 16.8. The Morgan fingerprint density at radius 3 is 2.05 bits per heavy atom. The standard InChI is InChI=1S/C61H101NO20/c1-8-57(5)29-41(67)60(27-26-56(3,4)28-36(60)35(57)23-22-34-18-17-19-39-58(34,6)25-24-40(66)59(39,7)32-64)55(76)82-61(52-48(74)47(73)50(33(2)78-52)80-54-49(75)45(71)37(65)31-77-54)53-51(81-61)46(72)44(38(30-63)79-53)62-42(68)20-15-13-11-9-10-12-14-16-21-43(69)70/h32-41,44-54,63,65-67,71-75H,8-31H2,1-7H3,(H,62,68)(H,69,70)/t33-,34?,35?,36?,37-,38-,39-,40+,41+,44+,45?,46?,47?,48?,49?,50+,51?,52-,53-,54+,57-,58?,59-,60-,61?/m1/s1. The normalized spacial score (nSPS) is 47.2. The van der Waals surface area contributed by atoms with Crippen LogP contribution in [0.1, 0.15) is 190 Å². The van der Waals surface area contributed by atoms with Crippen LogP contribution < -0.4 is 5.32 Å². The molecule has 4 aliphatic carbocycles. The number of aliphatic hydroxyl groups excluding tert-OH is 9. The number of aliphatic hydroxyl groups is 9. The van der Waals surface area contributed by atoms with Gasteiger partial charge in [0.1, 0.15) is 61.2 Å². The molecule has 8 rings (SSSR count). The van der Waals surface area contributed by atoms with Gasteiger partial charge in [0.25, 0.3) is 5.79 Å². The van der Waals surface area contributed by atoms with Crippen LogP contribution in [0, 0.1) is 50.7 Å². The molecular weight excluding hydrogens is 1070 g/mol. The van der Waals surface area contributed by atoms with E-state index in [9.17, 15) is 60.3 Å². The second-order valence-corrected chi connectivity index (χ2v) is 28.0. The predicted octanol–water partition coefficient (Wildman–Crippen LogP) is 3.72. The minimum Gasteiger partial charge on any atom is -0.481 e. The van der Waals surface area contributed by atoms with Gasteiger partial charge in [0.15, 0.2) is 18.5 Å². The number of aliphatic carboxylic acids is 1. The zero-order chi connectivity index (χ0) is 59.9. The molecule has 11 N–H and O–H groups in total. The Kier molecular flexibility index (Phi) is 20.8. The van der Waals surface area contributed by atoms with E-state index >= 15 is 4.79 Å². The summed E-state index contributed by atoms with van der Waals surface area (Å²) in [6.45, 7) is 13.2. The molecule has 0 spiro atoms. The third-order valence-corrected chi connectivity index (χ3v) is 22.5. The van der Waals surface area contributed by atoms with Crippen molar-refractivity contribution in [1.82, 2.24) is 5.32 Å². The van der Waals surface area contributed by atoms with Gasteiger partial charge >= 0.3 is 11.9 Å². The minimum absolute atomic E-state index is 0.00434. The number of esters is 1. The van der Waals surface area contributed by atoms with Crippen LogP contribution in [0.4, 0.5) is 0 Å². The third-order valence-electron chi connectivity index (χ3n) is 22.5. The Bertz CT molecular complexity index is 2190. The third kappa shape index (κ3) is 12.4. The van der Waals surface area contributed by atoms with E-state index < -0.39 is 157 Å². The van der Waals surface area contributed by atoms with Crippen LogP contribution in [0.15, 0.2) is 0 Å². The van der Waals surface area contributed by atoms with Gasteiger partial charge in [-0.2, -0.15) is 0 Å². The van der Waals surface area contributed by atoms with Crippen molar-refractivity contribution in [3.63, 3.8) is 0 Å². The highest BCUT2D eigenvalue weighted by Gasteiger charge is 2.75. The van der Waals surface area contributed by atoms with Crippen molar-refractivity contribution >= 4 is 24.1 Å². The summed E-state index contributed by atoms with van der Waals surface area (Å²) in [6, 6.07) is -1.20. The molecule has 4 aliphatic heterocycles. The number of carbonyl (C=O) groups is 4. The molecule has 8 fully saturated rings. The van der Waals surface area contributed by atoms with Crippen molar-refractivity contribution in [2.75, 3.05) is 13.2 Å². The van der Waals surface area contributed by atoms with E-state index in [0.29, 0.717) is 38.5 Å². The maximum atomic E-state index is 16.1. The number of ether oxygens (including phenoxy) is 6. The van der Waals surface area contributed by atoms with E-state index in [-0.39, 0.29) is 54.3 Å². The number of hydrogen-bond donors (Lipinski definition) is 11. The molecule has 11 unspecified atom stereocenters. The molecule has 1 amide bonds. The van der Waals surface area contributed by atoms with Crippen molar-refractivity contribution in [1.29, 1.82) is 0 Å². The lowest BCUT2D eigenvalue weighted by Crippen LogP contribution is -2.84. The SMILES string of the molecule is CC[C@]1(C)C[C@H](O)[C@@]2(C(=O)OC3([C@@H]4O[C@H](C)[C@H](O[C@@H]5OC[C@@H](O)C(O)C5O)C(O)C4O)OC4C(O)[C@@H](NC(=O)CCCCCCCCCCC(=O)O)[C@@H](CO)O[C@H]43)CCC(C)(C)CC2C1CCC1CCC[C@@H]2C1(C)CC[C@H](O)[C@]2(C)C=O. The molecular formula is C61H101NO20. The summed E-state index contributed by atoms with van der Waals surface area (Å²) in [5, 5.41) is 114. The summed E-state index contributed by atoms with van der Waals surface area (Å²) < 4.78 is 37.9. The monoisotopic (exact) mass is 1170 g/mol. The Morgan fingerprint density at radius 2 is 1.40 bits per heavy atom. The molecule has 82 heavy (non-hydrogen) atoms. The van der Waals surface area contributed by atoms with Gasteiger partial charge in [-0.3, -0.25) is 14.4 Å². The van der Waals surface area contributed by atoms with E-state index in [1.165, 1.54) is 6.92 Å². The number of fused-ring (bicyclic) bond motifs is 3. The first kappa shape index (κ1) is 65.5. The number of carboxylic acids is 1. The molecule has 4 heterocycles. The van der Waals surface area contributed by atoms with Crippen molar-refractivity contribution < 1.29 is 98.7 Å². The van der Waals surface area contributed by atoms with Crippen LogP contribution in [-0.2, 0) is 47.6 Å². The fraction of sp³-hybridized carbons (Fsp3) is 0.934. The number of carbonyl (C=O) groups excluding carboxylic acids is 3. The average molecular weight is 1170 g/mol. The van der Waals surface area contributed by atoms with Gasteiger partial charge in [-0.05, 0) is 124 Å². The predicted molar refractivity (Wildman–Crippen MR) is 294 cm³/mol. The van der Waals surface area contributed by atoms with Crippen LogP contribution in [0.2, 0.25) is 0 Å². The summed E-state index contributed by atoms with van der Waals surface area (Å²) in [6.07, 6.45) is -6.72. The molecule has 4 saturated heterocycles. The van der Waals surface area contributed by atoms with E-state index in [2.05, 4.69) is 39.9 Å². The van der Waals surface area contributed by atoms with Crippen LogP contribution in [-0.4, -0.2) is 192 Å². The summed E-state index contributed by atoms with van der Waals surface area (Å²) in [5.74, 6) is -4.83. The van der Waals surface area contributed by atoms with Gasteiger partial charge < -0.3 is 89.6 Å². The number of carboxylic acid groups (broad SMARTS) is 1. The molecule has 0 aromatic carbocycles. The van der Waals surface area contributed by atoms with Gasteiger partial charge in [0.2, 0.25) is 5.91 Å². The number of unbranched alkanes of at least 4 members (excludes halogenated alkanes) is 7. The number of hydrogen-bond acceptors (Lipinski definition) is 19. The number of rotatable bonds is 23. The molecule has 0 bridgehead atoms. The first-order valence-electron chi connectivity index (χ1n) is 31.2. The second-order valence-electron chi connectivity index (χ2n) is 28.0. The van der Waals surface area contributed by atoms with Gasteiger partial charge in [0.05, 0.1) is 48.4 Å². The van der Waals surface area contributed by atoms with Gasteiger partial charge in [-0.25, -0.2) is 0 Å². The van der Waals surface area contributed by atoms with Crippen LogP contribution in [0.25, 0.3) is 0 Å². The van der Waals surface area contributed by atoms with Crippen molar-refractivity contribution in [2.45, 2.75) is 293 Å². The minimum atomic E-state index is -2.46. The van der Waals surface area contributed by atoms with Crippen molar-refractivity contribution in [2.24, 2.45) is 50.7 Å². The fourth-order valence-electron chi connectivity index (χ4n) is 17.1. The highest BCUT2D eigenvalue weighted by Crippen LogP contribution is 2.67. The van der Waals surface area contributed by atoms with E-state index in [4.69, 9.17) is 33.5 Å². The van der Waals surface area contributed by atoms with Gasteiger partial charge in [-0.15, -0.1) is 0 Å². The lowest BCUT2D eigenvalue weighted by molar-refractivity contribution is -0.472. The highest BCUT2D eigenvalue weighted by molar-refractivity contribution is 5.79. The summed E-state index contributed by atoms with van der Waals surface area (Å²) >= 11 is 0. The largest absolute Gasteiger partial charge is 0.481 e. The Hall–Kier alpha value is -2.48. The molecule has 0 aromatic heterocycles. The van der Waals surface area contributed by atoms with Crippen molar-refractivity contribution in [3.05, 3.63) is 0 Å². The maximum absolute atomic E-state index is 16.1.